The Hall–Kier alpha value is -2.34. The van der Waals surface area contributed by atoms with Gasteiger partial charge in [0, 0.05) is 12.1 Å². The Kier molecular flexibility index (Phi) is 4.81. The fourth-order valence-corrected chi connectivity index (χ4v) is 3.69. The van der Waals surface area contributed by atoms with Crippen LogP contribution < -0.4 is 5.73 Å². The molecule has 2 amide bonds. The highest BCUT2D eigenvalue weighted by Gasteiger charge is 2.45. The molecule has 1 aromatic rings. The van der Waals surface area contributed by atoms with E-state index in [1.54, 1.807) is 21.9 Å². The van der Waals surface area contributed by atoms with E-state index in [4.69, 9.17) is 5.73 Å². The summed E-state index contributed by atoms with van der Waals surface area (Å²) in [6.45, 7) is 4.66. The van der Waals surface area contributed by atoms with E-state index >= 15 is 0 Å². The lowest BCUT2D eigenvalue weighted by Crippen LogP contribution is -2.43. The maximum absolute atomic E-state index is 12.8. The summed E-state index contributed by atoms with van der Waals surface area (Å²) in [5, 5.41) is 10.4. The highest BCUT2D eigenvalue weighted by atomic mass is 16.3. The van der Waals surface area contributed by atoms with Crippen molar-refractivity contribution >= 4 is 11.8 Å². The first-order valence-electron chi connectivity index (χ1n) is 8.75. The number of benzene rings is 1. The molecule has 3 rings (SSSR count). The average molecular weight is 343 g/mol. The van der Waals surface area contributed by atoms with Crippen molar-refractivity contribution in [3.63, 3.8) is 0 Å². The van der Waals surface area contributed by atoms with Crippen LogP contribution in [0.2, 0.25) is 0 Å². The van der Waals surface area contributed by atoms with Crippen molar-refractivity contribution in [1.82, 2.24) is 9.80 Å². The SMILES string of the molecule is CC(C)C[C@H](N)C(=O)N1CCC2C1=C(O)CN2C(=O)c1ccccc1. The van der Waals surface area contributed by atoms with Crippen molar-refractivity contribution in [3.8, 4) is 0 Å². The van der Waals surface area contributed by atoms with E-state index in [0.29, 0.717) is 36.6 Å². The van der Waals surface area contributed by atoms with Gasteiger partial charge in [0.25, 0.3) is 5.91 Å². The molecule has 134 valence electrons. The van der Waals surface area contributed by atoms with Crippen molar-refractivity contribution in [3.05, 3.63) is 47.4 Å². The van der Waals surface area contributed by atoms with Crippen LogP contribution in [0.1, 0.15) is 37.0 Å². The number of nitrogens with zero attached hydrogens (tertiary/aromatic N) is 2. The molecule has 2 aliphatic heterocycles. The van der Waals surface area contributed by atoms with E-state index in [1.165, 1.54) is 0 Å². The van der Waals surface area contributed by atoms with Crippen molar-refractivity contribution < 1.29 is 14.7 Å². The minimum atomic E-state index is -0.585. The third-order valence-electron chi connectivity index (χ3n) is 4.81. The second-order valence-electron chi connectivity index (χ2n) is 7.16. The summed E-state index contributed by atoms with van der Waals surface area (Å²) in [5.74, 6) is 0.108. The summed E-state index contributed by atoms with van der Waals surface area (Å²) in [6, 6.07) is 8.15. The number of nitrogens with two attached hydrogens (primary N) is 1. The average Bonchev–Trinajstić information content (AvgIpc) is 3.15. The van der Waals surface area contributed by atoms with Crippen LogP contribution in [-0.2, 0) is 4.79 Å². The van der Waals surface area contributed by atoms with Crippen molar-refractivity contribution in [1.29, 1.82) is 0 Å². The molecule has 1 fully saturated rings. The number of hydrogen-bond acceptors (Lipinski definition) is 4. The van der Waals surface area contributed by atoms with Gasteiger partial charge in [-0.05, 0) is 30.9 Å². The molecule has 0 aromatic heterocycles. The number of aliphatic hydroxyl groups is 1. The normalized spacial score (nSPS) is 21.0. The Morgan fingerprint density at radius 1 is 1.28 bits per heavy atom. The van der Waals surface area contributed by atoms with Crippen LogP contribution in [0.5, 0.6) is 0 Å². The van der Waals surface area contributed by atoms with Crippen LogP contribution in [0, 0.1) is 5.92 Å². The first kappa shape index (κ1) is 17.5. The van der Waals surface area contributed by atoms with E-state index in [2.05, 4.69) is 0 Å². The number of rotatable bonds is 4. The largest absolute Gasteiger partial charge is 0.509 e. The van der Waals surface area contributed by atoms with Crippen molar-refractivity contribution in [2.45, 2.75) is 38.8 Å². The predicted octanol–water partition coefficient (Wildman–Crippen LogP) is 1.89. The van der Waals surface area contributed by atoms with Gasteiger partial charge >= 0.3 is 0 Å². The van der Waals surface area contributed by atoms with Gasteiger partial charge < -0.3 is 20.6 Å². The van der Waals surface area contributed by atoms with E-state index in [0.717, 1.165) is 0 Å². The molecule has 2 atom stereocenters. The second kappa shape index (κ2) is 6.88. The predicted molar refractivity (Wildman–Crippen MR) is 94.7 cm³/mol. The van der Waals surface area contributed by atoms with Gasteiger partial charge in [-0.15, -0.1) is 0 Å². The fraction of sp³-hybridized carbons (Fsp3) is 0.474. The molecule has 6 heteroatoms. The number of fused-ring (bicyclic) bond motifs is 1. The Morgan fingerprint density at radius 2 is 1.96 bits per heavy atom. The Morgan fingerprint density at radius 3 is 2.60 bits per heavy atom. The molecule has 0 aliphatic carbocycles. The number of carbonyl (C=O) groups excluding carboxylic acids is 2. The Balaban J connectivity index is 1.77. The standard InChI is InChI=1S/C19H25N3O3/c1-12(2)10-14(20)19(25)21-9-8-15-17(21)16(23)11-22(15)18(24)13-6-4-3-5-7-13/h3-7,12,14-15,23H,8-11,20H2,1-2H3/t14-,15?/m0/s1. The molecule has 0 bridgehead atoms. The molecule has 1 aromatic carbocycles. The molecule has 25 heavy (non-hydrogen) atoms. The molecule has 6 nitrogen and oxygen atoms in total. The highest BCUT2D eigenvalue weighted by molar-refractivity contribution is 5.95. The van der Waals surface area contributed by atoms with Gasteiger partial charge in [-0.2, -0.15) is 0 Å². The number of aliphatic hydroxyl groups excluding tert-OH is 1. The molecule has 2 heterocycles. The lowest BCUT2D eigenvalue weighted by molar-refractivity contribution is -0.130. The Labute approximate surface area is 147 Å². The summed E-state index contributed by atoms with van der Waals surface area (Å²) in [6.07, 6.45) is 1.22. The molecule has 3 N–H and O–H groups in total. The fourth-order valence-electron chi connectivity index (χ4n) is 3.69. The number of hydrogen-bond donors (Lipinski definition) is 2. The van der Waals surface area contributed by atoms with Crippen molar-refractivity contribution in [2.75, 3.05) is 13.1 Å². The Bertz CT molecular complexity index is 699. The molecule has 0 saturated carbocycles. The summed E-state index contributed by atoms with van der Waals surface area (Å²) in [7, 11) is 0. The zero-order valence-electron chi connectivity index (χ0n) is 14.7. The maximum atomic E-state index is 12.8. The van der Waals surface area contributed by atoms with Gasteiger partial charge in [-0.3, -0.25) is 9.59 Å². The summed E-state index contributed by atoms with van der Waals surface area (Å²) >= 11 is 0. The van der Waals surface area contributed by atoms with Crippen LogP contribution in [0.25, 0.3) is 0 Å². The van der Waals surface area contributed by atoms with Gasteiger partial charge in [0.05, 0.1) is 24.3 Å². The molecule has 0 radical (unpaired) electrons. The minimum Gasteiger partial charge on any atom is -0.509 e. The highest BCUT2D eigenvalue weighted by Crippen LogP contribution is 2.35. The zero-order chi connectivity index (χ0) is 18.1. The lowest BCUT2D eigenvalue weighted by Gasteiger charge is -2.24. The maximum Gasteiger partial charge on any atom is 0.254 e. The van der Waals surface area contributed by atoms with E-state index in [9.17, 15) is 14.7 Å². The number of amides is 2. The molecular formula is C19H25N3O3. The van der Waals surface area contributed by atoms with E-state index in [1.807, 2.05) is 32.0 Å². The monoisotopic (exact) mass is 343 g/mol. The minimum absolute atomic E-state index is 0.0943. The third-order valence-corrected chi connectivity index (χ3v) is 4.81. The van der Waals surface area contributed by atoms with Crippen LogP contribution in [-0.4, -0.2) is 51.9 Å². The molecular weight excluding hydrogens is 318 g/mol. The van der Waals surface area contributed by atoms with Crippen molar-refractivity contribution in [2.24, 2.45) is 11.7 Å². The molecule has 1 unspecified atom stereocenters. The van der Waals surface area contributed by atoms with Gasteiger partial charge in [0.15, 0.2) is 0 Å². The first-order chi connectivity index (χ1) is 11.9. The van der Waals surface area contributed by atoms with E-state index in [-0.39, 0.29) is 30.2 Å². The van der Waals surface area contributed by atoms with Gasteiger partial charge in [0.1, 0.15) is 5.76 Å². The van der Waals surface area contributed by atoms with Crippen LogP contribution in [0.15, 0.2) is 41.8 Å². The van der Waals surface area contributed by atoms with Crippen LogP contribution in [0.4, 0.5) is 0 Å². The number of likely N-dealkylation sites (tertiary alicyclic amines) is 1. The third kappa shape index (κ3) is 3.26. The lowest BCUT2D eigenvalue weighted by atomic mass is 10.0. The molecule has 1 saturated heterocycles. The quantitative estimate of drug-likeness (QED) is 0.874. The smallest absolute Gasteiger partial charge is 0.254 e. The molecule has 0 spiro atoms. The van der Waals surface area contributed by atoms with Crippen LogP contribution >= 0.6 is 0 Å². The summed E-state index contributed by atoms with van der Waals surface area (Å²) < 4.78 is 0. The van der Waals surface area contributed by atoms with Gasteiger partial charge in [-0.1, -0.05) is 32.0 Å². The zero-order valence-corrected chi connectivity index (χ0v) is 14.7. The second-order valence-corrected chi connectivity index (χ2v) is 7.16. The van der Waals surface area contributed by atoms with E-state index < -0.39 is 6.04 Å². The summed E-state index contributed by atoms with van der Waals surface area (Å²) in [4.78, 5) is 28.6. The molecule has 2 aliphatic rings. The van der Waals surface area contributed by atoms with Gasteiger partial charge in [-0.25, -0.2) is 0 Å². The summed E-state index contributed by atoms with van der Waals surface area (Å²) in [5.41, 5.74) is 7.17. The topological polar surface area (TPSA) is 86.9 Å². The van der Waals surface area contributed by atoms with Crippen LogP contribution in [0.3, 0.4) is 0 Å². The van der Waals surface area contributed by atoms with Gasteiger partial charge in [0.2, 0.25) is 5.91 Å². The first-order valence-corrected chi connectivity index (χ1v) is 8.75. The number of carbonyl (C=O) groups is 2.